The van der Waals surface area contributed by atoms with Crippen LogP contribution in [0.25, 0.3) is 0 Å². The number of anilines is 1. The van der Waals surface area contributed by atoms with Crippen LogP contribution in [0.3, 0.4) is 0 Å². The van der Waals surface area contributed by atoms with E-state index in [2.05, 4.69) is 10.2 Å². The van der Waals surface area contributed by atoms with E-state index in [1.54, 1.807) is 11.2 Å². The molecule has 6 nitrogen and oxygen atoms in total. The molecule has 136 valence electrons. The van der Waals surface area contributed by atoms with Crippen molar-refractivity contribution < 1.29 is 13.9 Å². The minimum Gasteiger partial charge on any atom is -0.494 e. The first kappa shape index (κ1) is 17.1. The molecule has 0 bridgehead atoms. The van der Waals surface area contributed by atoms with Crippen LogP contribution in [0.15, 0.2) is 47.1 Å². The highest BCUT2D eigenvalue weighted by molar-refractivity contribution is 7.80. The lowest BCUT2D eigenvalue weighted by atomic mass is 9.85. The van der Waals surface area contributed by atoms with Crippen LogP contribution in [-0.2, 0) is 4.79 Å². The van der Waals surface area contributed by atoms with E-state index in [4.69, 9.17) is 21.4 Å². The van der Waals surface area contributed by atoms with Gasteiger partial charge >= 0.3 is 0 Å². The summed E-state index contributed by atoms with van der Waals surface area (Å²) in [4.78, 5) is 17.2. The minimum atomic E-state index is -0.803. The van der Waals surface area contributed by atoms with Crippen molar-refractivity contribution in [1.82, 2.24) is 10.2 Å². The number of nitrogens with zero attached hydrogens (tertiary/aromatic N) is 2. The van der Waals surface area contributed by atoms with Crippen molar-refractivity contribution in [2.45, 2.75) is 18.4 Å². The molecule has 0 aliphatic carbocycles. The number of benzene rings is 1. The highest BCUT2D eigenvalue weighted by Crippen LogP contribution is 2.41. The fourth-order valence-electron chi connectivity index (χ4n) is 3.92. The molecule has 2 aliphatic heterocycles. The first-order valence-electron chi connectivity index (χ1n) is 8.66. The van der Waals surface area contributed by atoms with Crippen molar-refractivity contribution in [2.75, 3.05) is 31.6 Å². The molecule has 2 fully saturated rings. The summed E-state index contributed by atoms with van der Waals surface area (Å²) in [6.45, 7) is 3.84. The highest BCUT2D eigenvalue weighted by Gasteiger charge is 2.59. The SMILES string of the molecule is CCOc1ccc(N2C(=O)[C@@]3(CN(C)C[C@@H]3c3ccco3)NC2=S)cc1. The van der Waals surface area contributed by atoms with Crippen molar-refractivity contribution in [3.05, 3.63) is 48.4 Å². The molecule has 2 atom stereocenters. The Morgan fingerprint density at radius 1 is 1.35 bits per heavy atom. The second-order valence-corrected chi connectivity index (χ2v) is 7.12. The average molecular weight is 371 g/mol. The van der Waals surface area contributed by atoms with Gasteiger partial charge in [0.15, 0.2) is 5.11 Å². The van der Waals surface area contributed by atoms with E-state index < -0.39 is 5.54 Å². The van der Waals surface area contributed by atoms with Crippen LogP contribution in [0, 0.1) is 0 Å². The summed E-state index contributed by atoms with van der Waals surface area (Å²) >= 11 is 5.53. The number of furan rings is 1. The molecule has 2 saturated heterocycles. The maximum Gasteiger partial charge on any atom is 0.261 e. The Balaban J connectivity index is 1.68. The summed E-state index contributed by atoms with van der Waals surface area (Å²) in [7, 11) is 2.00. The predicted octanol–water partition coefficient (Wildman–Crippen LogP) is 2.37. The number of likely N-dealkylation sites (N-methyl/N-ethyl adjacent to an activating group) is 1. The van der Waals surface area contributed by atoms with Crippen molar-refractivity contribution >= 4 is 28.9 Å². The van der Waals surface area contributed by atoms with E-state index >= 15 is 0 Å². The zero-order valence-corrected chi connectivity index (χ0v) is 15.6. The van der Waals surface area contributed by atoms with Crippen LogP contribution in [0.2, 0.25) is 0 Å². The van der Waals surface area contributed by atoms with Gasteiger partial charge in [0.2, 0.25) is 0 Å². The number of rotatable bonds is 4. The van der Waals surface area contributed by atoms with Gasteiger partial charge < -0.3 is 19.4 Å². The summed E-state index contributed by atoms with van der Waals surface area (Å²) in [5.41, 5.74) is -0.0667. The number of ether oxygens (including phenoxy) is 1. The Bertz CT molecular complexity index is 821. The smallest absolute Gasteiger partial charge is 0.261 e. The first-order chi connectivity index (χ1) is 12.5. The summed E-state index contributed by atoms with van der Waals surface area (Å²) in [6.07, 6.45) is 1.64. The van der Waals surface area contributed by atoms with Gasteiger partial charge in [-0.3, -0.25) is 9.69 Å². The summed E-state index contributed by atoms with van der Waals surface area (Å²) in [5.74, 6) is 1.43. The Morgan fingerprint density at radius 2 is 2.12 bits per heavy atom. The fraction of sp³-hybridized carbons (Fsp3) is 0.368. The van der Waals surface area contributed by atoms with Crippen molar-refractivity contribution in [2.24, 2.45) is 0 Å². The normalized spacial score (nSPS) is 25.9. The summed E-state index contributed by atoms with van der Waals surface area (Å²) in [6, 6.07) is 11.2. The number of carbonyl (C=O) groups is 1. The average Bonchev–Trinajstić information content (AvgIpc) is 3.30. The molecule has 3 heterocycles. The topological polar surface area (TPSA) is 58.0 Å². The van der Waals surface area contributed by atoms with Gasteiger partial charge in [0.05, 0.1) is 24.5 Å². The fourth-order valence-corrected chi connectivity index (χ4v) is 4.29. The van der Waals surface area contributed by atoms with Crippen molar-refractivity contribution in [3.8, 4) is 5.75 Å². The molecular formula is C19H21N3O3S. The minimum absolute atomic E-state index is 0.0441. The van der Waals surface area contributed by atoms with E-state index in [0.717, 1.165) is 23.7 Å². The Hall–Kier alpha value is -2.38. The molecule has 4 rings (SSSR count). The highest BCUT2D eigenvalue weighted by atomic mass is 32.1. The van der Waals surface area contributed by atoms with Gasteiger partial charge in [-0.1, -0.05) is 0 Å². The number of likely N-dealkylation sites (tertiary alicyclic amines) is 1. The number of thiocarbonyl (C=S) groups is 1. The van der Waals surface area contributed by atoms with Crippen LogP contribution < -0.4 is 15.0 Å². The third-order valence-corrected chi connectivity index (χ3v) is 5.30. The second kappa shape index (κ2) is 6.41. The quantitative estimate of drug-likeness (QED) is 0.833. The van der Waals surface area contributed by atoms with Gasteiger partial charge in [0, 0.05) is 13.1 Å². The molecule has 1 N–H and O–H groups in total. The number of hydrogen-bond acceptors (Lipinski definition) is 5. The lowest BCUT2D eigenvalue weighted by Crippen LogP contribution is -2.52. The van der Waals surface area contributed by atoms with E-state index in [1.807, 2.05) is 50.4 Å². The predicted molar refractivity (Wildman–Crippen MR) is 103 cm³/mol. The molecule has 2 aliphatic rings. The van der Waals surface area contributed by atoms with Gasteiger partial charge in [-0.25, -0.2) is 0 Å². The molecule has 1 aromatic heterocycles. The lowest BCUT2D eigenvalue weighted by molar-refractivity contribution is -0.122. The van der Waals surface area contributed by atoms with Crippen LogP contribution in [0.5, 0.6) is 5.75 Å². The number of carbonyl (C=O) groups excluding carboxylic acids is 1. The maximum atomic E-state index is 13.5. The third-order valence-electron chi connectivity index (χ3n) is 5.02. The van der Waals surface area contributed by atoms with E-state index in [1.165, 1.54) is 0 Å². The molecular weight excluding hydrogens is 350 g/mol. The van der Waals surface area contributed by atoms with E-state index in [9.17, 15) is 4.79 Å². The van der Waals surface area contributed by atoms with E-state index in [-0.39, 0.29) is 11.8 Å². The monoisotopic (exact) mass is 371 g/mol. The zero-order valence-electron chi connectivity index (χ0n) is 14.8. The van der Waals surface area contributed by atoms with Crippen molar-refractivity contribution in [3.63, 3.8) is 0 Å². The summed E-state index contributed by atoms with van der Waals surface area (Å²) in [5, 5.41) is 3.73. The Labute approximate surface area is 157 Å². The van der Waals surface area contributed by atoms with Crippen LogP contribution >= 0.6 is 12.2 Å². The molecule has 0 radical (unpaired) electrons. The zero-order chi connectivity index (χ0) is 18.3. The third kappa shape index (κ3) is 2.59. The van der Waals surface area contributed by atoms with Gasteiger partial charge in [-0.15, -0.1) is 0 Å². The molecule has 0 saturated carbocycles. The van der Waals surface area contributed by atoms with Crippen LogP contribution in [0.1, 0.15) is 18.6 Å². The number of nitrogens with one attached hydrogen (secondary N) is 1. The summed E-state index contributed by atoms with van der Waals surface area (Å²) < 4.78 is 11.1. The van der Waals surface area contributed by atoms with Crippen LogP contribution in [0.4, 0.5) is 5.69 Å². The number of hydrogen-bond donors (Lipinski definition) is 1. The second-order valence-electron chi connectivity index (χ2n) is 6.73. The van der Waals surface area contributed by atoms with Gasteiger partial charge in [0.1, 0.15) is 17.0 Å². The van der Waals surface area contributed by atoms with Crippen LogP contribution in [-0.4, -0.2) is 48.2 Å². The van der Waals surface area contributed by atoms with E-state index in [0.29, 0.717) is 18.3 Å². The lowest BCUT2D eigenvalue weighted by Gasteiger charge is -2.26. The van der Waals surface area contributed by atoms with Gasteiger partial charge in [-0.05, 0) is 62.6 Å². The number of amides is 1. The van der Waals surface area contributed by atoms with Gasteiger partial charge in [-0.2, -0.15) is 0 Å². The Kier molecular flexibility index (Phi) is 4.20. The molecule has 26 heavy (non-hydrogen) atoms. The molecule has 1 amide bonds. The first-order valence-corrected chi connectivity index (χ1v) is 9.07. The van der Waals surface area contributed by atoms with Crippen molar-refractivity contribution in [1.29, 1.82) is 0 Å². The molecule has 1 aromatic carbocycles. The molecule has 2 aromatic rings. The van der Waals surface area contributed by atoms with Gasteiger partial charge in [0.25, 0.3) is 5.91 Å². The standard InChI is InChI=1S/C19H21N3O3S/c1-3-24-14-8-6-13(7-9-14)22-17(23)19(20-18(22)26)12-21(2)11-15(19)16-5-4-10-25-16/h4-10,15H,3,11-12H2,1-2H3,(H,20,26)/t15-,19+/m1/s1. The Morgan fingerprint density at radius 3 is 2.77 bits per heavy atom. The molecule has 7 heteroatoms. The largest absolute Gasteiger partial charge is 0.494 e. The molecule has 1 spiro atoms. The molecule has 0 unspecified atom stereocenters. The maximum absolute atomic E-state index is 13.5.